The number of anilines is 2. The van der Waals surface area contributed by atoms with Crippen molar-refractivity contribution in [2.75, 3.05) is 68.2 Å². The van der Waals surface area contributed by atoms with Crippen LogP contribution in [-0.4, -0.2) is 95.0 Å². The number of halogens is 3. The molecule has 0 radical (unpaired) electrons. The second-order valence-corrected chi connectivity index (χ2v) is 11.3. The molecule has 39 heavy (non-hydrogen) atoms. The predicted molar refractivity (Wildman–Crippen MR) is 145 cm³/mol. The summed E-state index contributed by atoms with van der Waals surface area (Å²) < 4.78 is 45.1. The summed E-state index contributed by atoms with van der Waals surface area (Å²) in [6.45, 7) is 7.17. The smallest absolute Gasteiger partial charge is 0.370 e. The van der Waals surface area contributed by atoms with Crippen LogP contribution in [0.3, 0.4) is 0 Å². The van der Waals surface area contributed by atoms with Crippen molar-refractivity contribution in [2.24, 2.45) is 5.41 Å². The summed E-state index contributed by atoms with van der Waals surface area (Å²) in [4.78, 5) is 32.4. The van der Waals surface area contributed by atoms with Crippen molar-refractivity contribution >= 4 is 35.4 Å². The number of piperidine rings is 1. The van der Waals surface area contributed by atoms with E-state index in [1.54, 1.807) is 30.2 Å². The van der Waals surface area contributed by atoms with E-state index in [-0.39, 0.29) is 17.4 Å². The molecule has 1 spiro atoms. The van der Waals surface area contributed by atoms with Crippen LogP contribution in [-0.2, 0) is 17.5 Å². The number of piperazine rings is 1. The molecule has 0 bridgehead atoms. The molecule has 5 rings (SSSR count). The van der Waals surface area contributed by atoms with Crippen molar-refractivity contribution in [3.63, 3.8) is 0 Å². The molecule has 2 amide bonds. The molecule has 13 heteroatoms. The zero-order valence-electron chi connectivity index (χ0n) is 22.2. The Bertz CT molecular complexity index is 1200. The summed E-state index contributed by atoms with van der Waals surface area (Å²) in [5, 5.41) is 4.25. The molecule has 4 heterocycles. The van der Waals surface area contributed by atoms with E-state index in [9.17, 15) is 22.8 Å². The molecule has 0 unspecified atom stereocenters. The van der Waals surface area contributed by atoms with Crippen molar-refractivity contribution in [1.82, 2.24) is 24.5 Å². The number of rotatable bonds is 5. The minimum atomic E-state index is -4.41. The first-order valence-electron chi connectivity index (χ1n) is 13.1. The van der Waals surface area contributed by atoms with Crippen molar-refractivity contribution in [1.29, 1.82) is 0 Å². The lowest BCUT2D eigenvalue weighted by atomic mass is 9.71. The van der Waals surface area contributed by atoms with E-state index < -0.39 is 11.7 Å². The number of alkyl halides is 3. The van der Waals surface area contributed by atoms with Crippen molar-refractivity contribution in [3.05, 3.63) is 41.6 Å². The fourth-order valence-corrected chi connectivity index (χ4v) is 6.10. The van der Waals surface area contributed by atoms with Gasteiger partial charge in [0.05, 0.1) is 5.56 Å². The molecule has 3 saturated heterocycles. The fraction of sp³-hybridized carbons (Fsp3) is 0.577. The zero-order valence-corrected chi connectivity index (χ0v) is 23.0. The standard InChI is InChI=1S/C26H34F3N7O2S/c1-19(37)33-9-6-25(7-10-33)17-35(18-25)22-15-21(26(27,28)29)4-3-20(22)16-32-11-13-34(14-12-32)24(38)36-8-5-23(30-36)31-39-2/h3-5,8,15H,6-7,9-14,16-18H2,1-2H3,(H,30,31). The van der Waals surface area contributed by atoms with Gasteiger partial charge in [0.15, 0.2) is 5.82 Å². The van der Waals surface area contributed by atoms with E-state index >= 15 is 0 Å². The first-order chi connectivity index (χ1) is 18.6. The second-order valence-electron chi connectivity index (χ2n) is 10.7. The third-order valence-corrected chi connectivity index (χ3v) is 8.52. The lowest BCUT2D eigenvalue weighted by Gasteiger charge is -2.55. The number of hydrogen-bond donors (Lipinski definition) is 1. The molecule has 0 aliphatic carbocycles. The summed E-state index contributed by atoms with van der Waals surface area (Å²) in [5.74, 6) is 0.687. The Balaban J connectivity index is 1.23. The summed E-state index contributed by atoms with van der Waals surface area (Å²) in [6, 6.07) is 5.59. The molecule has 0 saturated carbocycles. The number of nitrogens with one attached hydrogen (secondary N) is 1. The van der Waals surface area contributed by atoms with Gasteiger partial charge in [-0.15, -0.1) is 5.10 Å². The number of carbonyl (C=O) groups is 2. The van der Waals surface area contributed by atoms with Crippen LogP contribution in [0, 0.1) is 5.41 Å². The van der Waals surface area contributed by atoms with Crippen LogP contribution in [0.15, 0.2) is 30.5 Å². The third kappa shape index (κ3) is 5.98. The van der Waals surface area contributed by atoms with Crippen molar-refractivity contribution in [2.45, 2.75) is 32.5 Å². The normalized spacial score (nSPS) is 19.8. The van der Waals surface area contributed by atoms with Gasteiger partial charge in [0.2, 0.25) is 5.91 Å². The van der Waals surface area contributed by atoms with E-state index in [4.69, 9.17) is 0 Å². The van der Waals surface area contributed by atoms with Crippen LogP contribution >= 0.6 is 11.9 Å². The van der Waals surface area contributed by atoms with Gasteiger partial charge in [-0.05, 0) is 30.5 Å². The summed E-state index contributed by atoms with van der Waals surface area (Å²) in [7, 11) is 0. The van der Waals surface area contributed by atoms with Crippen molar-refractivity contribution < 1.29 is 22.8 Å². The van der Waals surface area contributed by atoms with Crippen molar-refractivity contribution in [3.8, 4) is 0 Å². The Hall–Kier alpha value is -2.93. The Labute approximate surface area is 230 Å². The minimum absolute atomic E-state index is 0.0567. The zero-order chi connectivity index (χ0) is 27.8. The van der Waals surface area contributed by atoms with E-state index in [2.05, 4.69) is 19.6 Å². The van der Waals surface area contributed by atoms with Crippen LogP contribution in [0.4, 0.5) is 29.5 Å². The molecule has 1 N–H and O–H groups in total. The second kappa shape index (κ2) is 10.9. The largest absolute Gasteiger partial charge is 0.416 e. The molecule has 212 valence electrons. The number of nitrogens with zero attached hydrogens (tertiary/aromatic N) is 6. The maximum atomic E-state index is 13.6. The number of aromatic nitrogens is 2. The van der Waals surface area contributed by atoms with Gasteiger partial charge in [-0.3, -0.25) is 9.69 Å². The SMILES string of the molecule is CSNc1ccn(C(=O)N2CCN(Cc3ccc(C(F)(F)F)cc3N3CC4(CCN(C(C)=O)CC4)C3)CC2)n1. The highest BCUT2D eigenvalue weighted by atomic mass is 32.2. The van der Waals surface area contributed by atoms with Gasteiger partial charge in [-0.2, -0.15) is 17.9 Å². The molecule has 1 aromatic heterocycles. The topological polar surface area (TPSA) is 77.0 Å². The highest BCUT2D eigenvalue weighted by Gasteiger charge is 2.46. The molecular weight excluding hydrogens is 531 g/mol. The Kier molecular flexibility index (Phi) is 7.73. The van der Waals surface area contributed by atoms with Crippen LogP contribution in [0.25, 0.3) is 0 Å². The predicted octanol–water partition coefficient (Wildman–Crippen LogP) is 3.83. The van der Waals surface area contributed by atoms with Gasteiger partial charge in [-0.1, -0.05) is 18.0 Å². The molecular formula is C26H34F3N7O2S. The van der Waals surface area contributed by atoms with Crippen LogP contribution in [0.1, 0.15) is 30.9 Å². The van der Waals surface area contributed by atoms with E-state index in [1.165, 1.54) is 22.7 Å². The average Bonchev–Trinajstić information content (AvgIpc) is 3.36. The summed E-state index contributed by atoms with van der Waals surface area (Å²) in [5.41, 5.74) is 0.909. The molecule has 1 aromatic carbocycles. The quantitative estimate of drug-likeness (QED) is 0.553. The van der Waals surface area contributed by atoms with Crippen LogP contribution < -0.4 is 9.62 Å². The molecule has 0 atom stereocenters. The highest BCUT2D eigenvalue weighted by Crippen LogP contribution is 2.45. The molecule has 3 aliphatic heterocycles. The van der Waals surface area contributed by atoms with Crippen LogP contribution in [0.5, 0.6) is 0 Å². The highest BCUT2D eigenvalue weighted by molar-refractivity contribution is 7.99. The van der Waals surface area contributed by atoms with E-state index in [1.807, 2.05) is 11.2 Å². The van der Waals surface area contributed by atoms with Gasteiger partial charge in [0, 0.05) is 95.4 Å². The maximum absolute atomic E-state index is 13.6. The Morgan fingerprint density at radius 1 is 1.03 bits per heavy atom. The van der Waals surface area contributed by atoms with E-state index in [0.717, 1.165) is 24.5 Å². The first kappa shape index (κ1) is 27.6. The van der Waals surface area contributed by atoms with E-state index in [0.29, 0.717) is 70.4 Å². The number of amides is 2. The van der Waals surface area contributed by atoms with Gasteiger partial charge < -0.3 is 19.4 Å². The summed E-state index contributed by atoms with van der Waals surface area (Å²) in [6.07, 6.45) is 0.843. The van der Waals surface area contributed by atoms with Crippen LogP contribution in [0.2, 0.25) is 0 Å². The molecule has 3 fully saturated rings. The van der Waals surface area contributed by atoms with Gasteiger partial charge in [0.25, 0.3) is 0 Å². The first-order valence-corrected chi connectivity index (χ1v) is 14.4. The molecule has 3 aliphatic rings. The average molecular weight is 566 g/mol. The number of likely N-dealkylation sites (tertiary alicyclic amines) is 1. The summed E-state index contributed by atoms with van der Waals surface area (Å²) >= 11 is 1.40. The number of benzene rings is 1. The Morgan fingerprint density at radius 3 is 2.33 bits per heavy atom. The van der Waals surface area contributed by atoms with Gasteiger partial charge in [0.1, 0.15) is 0 Å². The lowest BCUT2D eigenvalue weighted by Crippen LogP contribution is -2.61. The monoisotopic (exact) mass is 565 g/mol. The minimum Gasteiger partial charge on any atom is -0.370 e. The van der Waals surface area contributed by atoms with Gasteiger partial charge in [-0.25, -0.2) is 4.79 Å². The van der Waals surface area contributed by atoms with Gasteiger partial charge >= 0.3 is 12.2 Å². The Morgan fingerprint density at radius 2 is 1.72 bits per heavy atom. The lowest BCUT2D eigenvalue weighted by molar-refractivity contribution is -0.137. The maximum Gasteiger partial charge on any atom is 0.416 e. The molecule has 9 nitrogen and oxygen atoms in total. The fourth-order valence-electron chi connectivity index (χ4n) is 5.79. The molecule has 2 aromatic rings. The number of carbonyl (C=O) groups excluding carboxylic acids is 2. The third-order valence-electron chi connectivity index (χ3n) is 8.10. The number of hydrogen-bond acceptors (Lipinski definition) is 7.